The van der Waals surface area contributed by atoms with E-state index >= 15 is 0 Å². The molecule has 0 spiro atoms. The van der Waals surface area contributed by atoms with Crippen LogP contribution in [-0.4, -0.2) is 48.8 Å². The number of phenols is 1. The van der Waals surface area contributed by atoms with Gasteiger partial charge in [0.05, 0.1) is 0 Å². The lowest BCUT2D eigenvalue weighted by Gasteiger charge is -2.33. The fourth-order valence-corrected chi connectivity index (χ4v) is 6.67. The lowest BCUT2D eigenvalue weighted by molar-refractivity contribution is 0.169. The average Bonchev–Trinajstić information content (AvgIpc) is 3.65. The molecule has 0 aliphatic carbocycles. The molecule has 40 heavy (non-hydrogen) atoms. The number of anilines is 1. The number of rotatable bonds is 7. The minimum Gasteiger partial charge on any atom is -0.508 e. The van der Waals surface area contributed by atoms with Crippen molar-refractivity contribution < 1.29 is 14.6 Å². The highest BCUT2D eigenvalue weighted by atomic mass is 16.5. The Kier molecular flexibility index (Phi) is 7.50. The van der Waals surface area contributed by atoms with Gasteiger partial charge >= 0.3 is 0 Å². The van der Waals surface area contributed by atoms with Gasteiger partial charge in [-0.15, -0.1) is 0 Å². The van der Waals surface area contributed by atoms with Gasteiger partial charge in [0, 0.05) is 42.5 Å². The second-order valence-electron chi connectivity index (χ2n) is 12.0. The maximum Gasteiger partial charge on any atom is 0.150 e. The zero-order valence-corrected chi connectivity index (χ0v) is 24.3. The van der Waals surface area contributed by atoms with E-state index in [9.17, 15) is 5.11 Å². The van der Waals surface area contributed by atoms with Crippen LogP contribution in [0.5, 0.6) is 17.2 Å². The topological polar surface area (TPSA) is 45.2 Å². The summed E-state index contributed by atoms with van der Waals surface area (Å²) in [6.45, 7) is 14.2. The number of nitrogens with zero attached hydrogens (tertiary/aromatic N) is 2. The molecule has 3 aliphatic heterocycles. The van der Waals surface area contributed by atoms with Crippen LogP contribution < -0.4 is 14.4 Å². The smallest absolute Gasteiger partial charge is 0.150 e. The van der Waals surface area contributed by atoms with Gasteiger partial charge in [-0.3, -0.25) is 4.90 Å². The molecule has 5 heteroatoms. The largest absolute Gasteiger partial charge is 0.508 e. The van der Waals surface area contributed by atoms with Crippen LogP contribution in [0.3, 0.4) is 0 Å². The molecule has 0 radical (unpaired) electrons. The molecule has 3 heterocycles. The van der Waals surface area contributed by atoms with E-state index in [-0.39, 0.29) is 11.9 Å². The quantitative estimate of drug-likeness (QED) is 0.338. The minimum atomic E-state index is -0.261. The van der Waals surface area contributed by atoms with Crippen molar-refractivity contribution in [3.05, 3.63) is 82.9 Å². The van der Waals surface area contributed by atoms with Gasteiger partial charge in [0.2, 0.25) is 0 Å². The number of aromatic hydroxyl groups is 1. The minimum absolute atomic E-state index is 0.251. The number of allylic oxidation sites excluding steroid dienone is 1. The molecule has 210 valence electrons. The first-order valence-electron chi connectivity index (χ1n) is 14.9. The summed E-state index contributed by atoms with van der Waals surface area (Å²) in [6, 6.07) is 20.9. The van der Waals surface area contributed by atoms with Gasteiger partial charge in [-0.2, -0.15) is 0 Å². The van der Waals surface area contributed by atoms with Crippen LogP contribution >= 0.6 is 0 Å². The van der Waals surface area contributed by atoms with Crippen LogP contribution in [0, 0.1) is 12.8 Å². The molecule has 0 amide bonds. The summed E-state index contributed by atoms with van der Waals surface area (Å²) in [5, 5.41) is 10.3. The van der Waals surface area contributed by atoms with Crippen LogP contribution in [0.2, 0.25) is 0 Å². The van der Waals surface area contributed by atoms with Crippen molar-refractivity contribution in [1.29, 1.82) is 0 Å². The number of benzene rings is 3. The molecule has 0 aromatic heterocycles. The highest BCUT2D eigenvalue weighted by molar-refractivity contribution is 5.97. The maximum absolute atomic E-state index is 10.3. The first kappa shape index (κ1) is 26.8. The zero-order valence-electron chi connectivity index (χ0n) is 24.3. The first-order valence-corrected chi connectivity index (χ1v) is 14.9. The molecule has 3 aromatic carbocycles. The Morgan fingerprint density at radius 1 is 0.975 bits per heavy atom. The fourth-order valence-electron chi connectivity index (χ4n) is 6.67. The molecule has 6 rings (SSSR count). The van der Waals surface area contributed by atoms with Crippen molar-refractivity contribution in [2.45, 2.75) is 59.1 Å². The van der Waals surface area contributed by atoms with Gasteiger partial charge in [0.15, 0.2) is 0 Å². The summed E-state index contributed by atoms with van der Waals surface area (Å²) in [6.07, 6.45) is 3.50. The van der Waals surface area contributed by atoms with Crippen LogP contribution in [-0.2, 0) is 0 Å². The predicted molar refractivity (Wildman–Crippen MR) is 163 cm³/mol. The molecule has 1 N–H and O–H groups in total. The number of ether oxygens (including phenoxy) is 2. The zero-order chi connectivity index (χ0) is 27.8. The molecular weight excluding hydrogens is 496 g/mol. The van der Waals surface area contributed by atoms with Gasteiger partial charge in [0.25, 0.3) is 0 Å². The predicted octanol–water partition coefficient (Wildman–Crippen LogP) is 7.47. The molecule has 2 saturated heterocycles. The van der Waals surface area contributed by atoms with Crippen molar-refractivity contribution in [2.24, 2.45) is 5.92 Å². The second kappa shape index (κ2) is 11.2. The van der Waals surface area contributed by atoms with Crippen LogP contribution in [0.1, 0.15) is 68.4 Å². The lowest BCUT2D eigenvalue weighted by atomic mass is 9.84. The highest BCUT2D eigenvalue weighted by Crippen LogP contribution is 2.49. The monoisotopic (exact) mass is 538 g/mol. The Morgan fingerprint density at radius 3 is 2.48 bits per heavy atom. The van der Waals surface area contributed by atoms with E-state index in [1.807, 2.05) is 12.1 Å². The summed E-state index contributed by atoms with van der Waals surface area (Å²) >= 11 is 0. The Balaban J connectivity index is 1.31. The van der Waals surface area contributed by atoms with Crippen LogP contribution in [0.4, 0.5) is 5.69 Å². The summed E-state index contributed by atoms with van der Waals surface area (Å²) < 4.78 is 12.9. The Hall–Kier alpha value is -3.44. The Labute approximate surface area is 239 Å². The Bertz CT molecular complexity index is 1390. The number of likely N-dealkylation sites (tertiary alicyclic amines) is 1. The second-order valence-corrected chi connectivity index (χ2v) is 12.0. The summed E-state index contributed by atoms with van der Waals surface area (Å²) in [5.41, 5.74) is 8.12. The number of hydrogen-bond acceptors (Lipinski definition) is 5. The third-order valence-electron chi connectivity index (χ3n) is 9.07. The van der Waals surface area contributed by atoms with Crippen molar-refractivity contribution in [3.63, 3.8) is 0 Å². The molecule has 1 unspecified atom stereocenters. The van der Waals surface area contributed by atoms with Crippen LogP contribution in [0.25, 0.3) is 11.1 Å². The van der Waals surface area contributed by atoms with E-state index in [4.69, 9.17) is 9.47 Å². The van der Waals surface area contributed by atoms with Crippen molar-refractivity contribution in [3.8, 4) is 17.2 Å². The molecule has 3 aliphatic rings. The molecule has 0 bridgehead atoms. The molecule has 2 fully saturated rings. The molecule has 0 saturated carbocycles. The van der Waals surface area contributed by atoms with Crippen molar-refractivity contribution in [2.75, 3.05) is 37.7 Å². The van der Waals surface area contributed by atoms with Gasteiger partial charge in [0.1, 0.15) is 30.0 Å². The molecular formula is C35H42N2O3. The van der Waals surface area contributed by atoms with E-state index in [0.717, 1.165) is 65.9 Å². The van der Waals surface area contributed by atoms with Gasteiger partial charge < -0.3 is 19.5 Å². The lowest BCUT2D eigenvalue weighted by Crippen LogP contribution is -2.35. The molecule has 3 aromatic rings. The van der Waals surface area contributed by atoms with E-state index in [0.29, 0.717) is 12.6 Å². The van der Waals surface area contributed by atoms with E-state index in [1.54, 1.807) is 6.07 Å². The van der Waals surface area contributed by atoms with E-state index in [2.05, 4.69) is 80.0 Å². The highest BCUT2D eigenvalue weighted by Gasteiger charge is 2.31. The summed E-state index contributed by atoms with van der Waals surface area (Å²) in [5.74, 6) is 2.71. The summed E-state index contributed by atoms with van der Waals surface area (Å²) in [4.78, 5) is 5.03. The average molecular weight is 539 g/mol. The molecule has 3 atom stereocenters. The van der Waals surface area contributed by atoms with Crippen molar-refractivity contribution >= 4 is 16.8 Å². The van der Waals surface area contributed by atoms with Crippen molar-refractivity contribution in [1.82, 2.24) is 4.90 Å². The standard InChI is InChI=1S/C35H42N2O3/c1-23-16-19-37(21-23)24(2)22-39-29-13-10-27(11-14-29)35-34(26(4)31-20-28(38)12-15-33(31)40-35)30-8-7-9-32(25(30)3)36-17-5-6-18-36/h7-15,20,23-24,35,38H,5-6,16-19,21-22H2,1-4H3/t23-,24+,35?/m1/s1. The first-order chi connectivity index (χ1) is 19.4. The van der Waals surface area contributed by atoms with Gasteiger partial charge in [-0.05, 0) is 111 Å². The number of hydrogen-bond donors (Lipinski definition) is 1. The van der Waals surface area contributed by atoms with Crippen LogP contribution in [0.15, 0.2) is 60.7 Å². The fraction of sp³-hybridized carbons (Fsp3) is 0.429. The van der Waals surface area contributed by atoms with E-state index < -0.39 is 0 Å². The SMILES string of the molecule is CC1=C(c2cccc(N3CCCC3)c2C)C(c2ccc(OC[C@H](C)N3CC[C@@H](C)C3)cc2)Oc2ccc(O)cc21. The molecule has 5 nitrogen and oxygen atoms in total. The number of phenolic OH excluding ortho intramolecular Hbond substituents is 1. The number of fused-ring (bicyclic) bond motifs is 1. The maximum atomic E-state index is 10.3. The van der Waals surface area contributed by atoms with Gasteiger partial charge in [-0.1, -0.05) is 31.2 Å². The summed E-state index contributed by atoms with van der Waals surface area (Å²) in [7, 11) is 0. The third-order valence-corrected chi connectivity index (χ3v) is 9.07. The Morgan fingerprint density at radius 2 is 1.75 bits per heavy atom. The van der Waals surface area contributed by atoms with Gasteiger partial charge in [-0.25, -0.2) is 0 Å². The third kappa shape index (κ3) is 5.19. The van der Waals surface area contributed by atoms with E-state index in [1.165, 1.54) is 36.1 Å². The normalized spacial score (nSPS) is 21.9.